The van der Waals surface area contributed by atoms with Crippen molar-refractivity contribution < 1.29 is 19.1 Å². The van der Waals surface area contributed by atoms with Crippen LogP contribution in [0.2, 0.25) is 0 Å². The van der Waals surface area contributed by atoms with Crippen molar-refractivity contribution in [3.05, 3.63) is 41.7 Å². The standard InChI is InChI=1S/C20H25N5O4/c1-4-29-20(27)25-9-7-24(8-10-25)19-21-12-15(13-22-19)18(26)23-16-11-14(2)5-6-17(16)28-3/h5-6,11-13H,4,7-10H2,1-3H3,(H,23,26). The maximum atomic E-state index is 12.5. The molecule has 2 aromatic rings. The van der Waals surface area contributed by atoms with Gasteiger partial charge < -0.3 is 24.6 Å². The fraction of sp³-hybridized carbons (Fsp3) is 0.400. The number of ether oxygens (including phenoxy) is 2. The molecule has 1 aliphatic rings. The first-order chi connectivity index (χ1) is 14.0. The minimum atomic E-state index is -0.312. The van der Waals surface area contributed by atoms with Gasteiger partial charge in [0.15, 0.2) is 0 Å². The Bertz CT molecular complexity index is 864. The van der Waals surface area contributed by atoms with Crippen LogP contribution in [0.3, 0.4) is 0 Å². The van der Waals surface area contributed by atoms with Crippen LogP contribution in [0.25, 0.3) is 0 Å². The highest BCUT2D eigenvalue weighted by Gasteiger charge is 2.23. The Kier molecular flexibility index (Phi) is 6.48. The summed E-state index contributed by atoms with van der Waals surface area (Å²) in [5.41, 5.74) is 1.95. The van der Waals surface area contributed by atoms with Gasteiger partial charge in [0.1, 0.15) is 5.75 Å². The molecule has 1 aromatic carbocycles. The molecule has 1 aliphatic heterocycles. The van der Waals surface area contributed by atoms with E-state index in [1.54, 1.807) is 25.0 Å². The molecular weight excluding hydrogens is 374 g/mol. The van der Waals surface area contributed by atoms with Gasteiger partial charge in [-0.2, -0.15) is 0 Å². The number of carbonyl (C=O) groups is 2. The molecule has 2 heterocycles. The van der Waals surface area contributed by atoms with Crippen LogP contribution >= 0.6 is 0 Å². The summed E-state index contributed by atoms with van der Waals surface area (Å²) in [7, 11) is 1.56. The van der Waals surface area contributed by atoms with Crippen LogP contribution in [0.4, 0.5) is 16.4 Å². The van der Waals surface area contributed by atoms with Crippen molar-refractivity contribution in [3.63, 3.8) is 0 Å². The highest BCUT2D eigenvalue weighted by molar-refractivity contribution is 6.04. The summed E-state index contributed by atoms with van der Waals surface area (Å²) < 4.78 is 10.3. The number of benzene rings is 1. The molecular formula is C20H25N5O4. The van der Waals surface area contributed by atoms with E-state index in [-0.39, 0.29) is 12.0 Å². The lowest BCUT2D eigenvalue weighted by Gasteiger charge is -2.33. The van der Waals surface area contributed by atoms with Crippen LogP contribution in [0.5, 0.6) is 5.75 Å². The molecule has 0 spiro atoms. The van der Waals surface area contributed by atoms with E-state index in [1.807, 2.05) is 24.0 Å². The van der Waals surface area contributed by atoms with Gasteiger partial charge >= 0.3 is 6.09 Å². The van der Waals surface area contributed by atoms with Gasteiger partial charge in [-0.25, -0.2) is 14.8 Å². The van der Waals surface area contributed by atoms with E-state index >= 15 is 0 Å². The summed E-state index contributed by atoms with van der Waals surface area (Å²) in [6.45, 7) is 6.37. The van der Waals surface area contributed by atoms with Crippen molar-refractivity contribution in [2.45, 2.75) is 13.8 Å². The number of aromatic nitrogens is 2. The molecule has 0 atom stereocenters. The number of amides is 2. The number of nitrogens with zero attached hydrogens (tertiary/aromatic N) is 4. The largest absolute Gasteiger partial charge is 0.495 e. The number of hydrogen-bond acceptors (Lipinski definition) is 7. The van der Waals surface area contributed by atoms with Crippen LogP contribution in [0.1, 0.15) is 22.8 Å². The van der Waals surface area contributed by atoms with Crippen molar-refractivity contribution in [3.8, 4) is 5.75 Å². The summed E-state index contributed by atoms with van der Waals surface area (Å²) in [4.78, 5) is 36.6. The third-order valence-electron chi connectivity index (χ3n) is 4.59. The van der Waals surface area contributed by atoms with E-state index < -0.39 is 0 Å². The Morgan fingerprint density at radius 1 is 1.14 bits per heavy atom. The molecule has 0 saturated carbocycles. The van der Waals surface area contributed by atoms with Crippen LogP contribution in [0.15, 0.2) is 30.6 Å². The summed E-state index contributed by atoms with van der Waals surface area (Å²) in [5, 5.41) is 2.83. The van der Waals surface area contributed by atoms with E-state index in [0.717, 1.165) is 5.56 Å². The second-order valence-electron chi connectivity index (χ2n) is 6.60. The van der Waals surface area contributed by atoms with Crippen LogP contribution in [-0.2, 0) is 4.74 Å². The number of methoxy groups -OCH3 is 1. The first-order valence-corrected chi connectivity index (χ1v) is 9.46. The highest BCUT2D eigenvalue weighted by atomic mass is 16.6. The minimum Gasteiger partial charge on any atom is -0.495 e. The van der Waals surface area contributed by atoms with E-state index in [0.29, 0.717) is 55.7 Å². The Balaban J connectivity index is 1.61. The second kappa shape index (κ2) is 9.22. The molecule has 0 aliphatic carbocycles. The number of carbonyl (C=O) groups excluding carboxylic acids is 2. The van der Waals surface area contributed by atoms with Gasteiger partial charge in [-0.15, -0.1) is 0 Å². The first-order valence-electron chi connectivity index (χ1n) is 9.46. The predicted octanol–water partition coefficient (Wildman–Crippen LogP) is 2.32. The molecule has 1 saturated heterocycles. The molecule has 9 nitrogen and oxygen atoms in total. The Labute approximate surface area is 169 Å². The number of piperazine rings is 1. The summed E-state index contributed by atoms with van der Waals surface area (Å²) >= 11 is 0. The lowest BCUT2D eigenvalue weighted by Crippen LogP contribution is -2.49. The second-order valence-corrected chi connectivity index (χ2v) is 6.60. The van der Waals surface area contributed by atoms with E-state index in [1.165, 1.54) is 12.4 Å². The highest BCUT2D eigenvalue weighted by Crippen LogP contribution is 2.25. The third kappa shape index (κ3) is 4.92. The molecule has 1 fully saturated rings. The van der Waals surface area contributed by atoms with Crippen LogP contribution < -0.4 is 15.0 Å². The molecule has 1 N–H and O–H groups in total. The minimum absolute atomic E-state index is 0.299. The van der Waals surface area contributed by atoms with Crippen molar-refractivity contribution in [1.29, 1.82) is 0 Å². The lowest BCUT2D eigenvalue weighted by atomic mass is 10.2. The topological polar surface area (TPSA) is 96.9 Å². The number of anilines is 2. The zero-order valence-corrected chi connectivity index (χ0v) is 16.8. The van der Waals surface area contributed by atoms with Crippen molar-refractivity contribution in [2.75, 3.05) is 50.1 Å². The first kappa shape index (κ1) is 20.4. The molecule has 0 radical (unpaired) electrons. The van der Waals surface area contributed by atoms with E-state index in [9.17, 15) is 9.59 Å². The molecule has 29 heavy (non-hydrogen) atoms. The molecule has 154 valence electrons. The zero-order chi connectivity index (χ0) is 20.8. The molecule has 0 bridgehead atoms. The number of rotatable bonds is 5. The van der Waals surface area contributed by atoms with Gasteiger partial charge in [0.25, 0.3) is 5.91 Å². The van der Waals surface area contributed by atoms with Gasteiger partial charge in [-0.05, 0) is 31.5 Å². The Morgan fingerprint density at radius 2 is 1.83 bits per heavy atom. The van der Waals surface area contributed by atoms with Crippen LogP contribution in [0, 0.1) is 6.92 Å². The predicted molar refractivity (Wildman–Crippen MR) is 109 cm³/mol. The molecule has 0 unspecified atom stereocenters. The Morgan fingerprint density at radius 3 is 2.45 bits per heavy atom. The quantitative estimate of drug-likeness (QED) is 0.824. The average Bonchev–Trinajstić information content (AvgIpc) is 2.74. The van der Waals surface area contributed by atoms with Gasteiger partial charge in [-0.3, -0.25) is 4.79 Å². The monoisotopic (exact) mass is 399 g/mol. The fourth-order valence-corrected chi connectivity index (χ4v) is 3.02. The SMILES string of the molecule is CCOC(=O)N1CCN(c2ncc(C(=O)Nc3cc(C)ccc3OC)cn2)CC1. The normalized spacial score (nSPS) is 13.8. The van der Waals surface area contributed by atoms with E-state index in [4.69, 9.17) is 9.47 Å². The van der Waals surface area contributed by atoms with Gasteiger partial charge in [0.2, 0.25) is 5.95 Å². The van der Waals surface area contributed by atoms with Gasteiger partial charge in [0.05, 0.1) is 25.0 Å². The lowest BCUT2D eigenvalue weighted by molar-refractivity contribution is 0.102. The zero-order valence-electron chi connectivity index (χ0n) is 16.8. The maximum absolute atomic E-state index is 12.5. The molecule has 9 heteroatoms. The number of hydrogen-bond donors (Lipinski definition) is 1. The van der Waals surface area contributed by atoms with Crippen LogP contribution in [-0.4, -0.2) is 66.8 Å². The molecule has 1 aromatic heterocycles. The van der Waals surface area contributed by atoms with E-state index in [2.05, 4.69) is 15.3 Å². The van der Waals surface area contributed by atoms with Crippen molar-refractivity contribution in [1.82, 2.24) is 14.9 Å². The summed E-state index contributed by atoms with van der Waals surface area (Å²) in [6, 6.07) is 5.56. The summed E-state index contributed by atoms with van der Waals surface area (Å²) in [6.07, 6.45) is 2.70. The number of aryl methyl sites for hydroxylation is 1. The maximum Gasteiger partial charge on any atom is 0.409 e. The van der Waals surface area contributed by atoms with Gasteiger partial charge in [0, 0.05) is 38.6 Å². The smallest absolute Gasteiger partial charge is 0.409 e. The Hall–Kier alpha value is -3.36. The van der Waals surface area contributed by atoms with Gasteiger partial charge in [-0.1, -0.05) is 6.07 Å². The summed E-state index contributed by atoms with van der Waals surface area (Å²) in [5.74, 6) is 0.798. The fourth-order valence-electron chi connectivity index (χ4n) is 3.02. The van der Waals surface area contributed by atoms with Crippen molar-refractivity contribution in [2.24, 2.45) is 0 Å². The van der Waals surface area contributed by atoms with Crippen molar-refractivity contribution >= 4 is 23.6 Å². The third-order valence-corrected chi connectivity index (χ3v) is 4.59. The molecule has 3 rings (SSSR count). The average molecular weight is 399 g/mol. The number of nitrogens with one attached hydrogen (secondary N) is 1. The molecule has 2 amide bonds.